The maximum Gasteiger partial charge on any atom is 0.310 e. The van der Waals surface area contributed by atoms with Gasteiger partial charge in [-0.3, -0.25) is 14.1 Å². The van der Waals surface area contributed by atoms with Gasteiger partial charge in [0.05, 0.1) is 36.9 Å². The second kappa shape index (κ2) is 15.4. The molecule has 1 unspecified atom stereocenters. The molecule has 1 saturated heterocycles. The van der Waals surface area contributed by atoms with Gasteiger partial charge in [-0.1, -0.05) is 70.4 Å². The van der Waals surface area contributed by atoms with Gasteiger partial charge in [-0.05, 0) is 42.3 Å². The molecule has 0 amide bonds. The molecule has 240 valence electrons. The molecule has 0 bridgehead atoms. The van der Waals surface area contributed by atoms with Crippen LogP contribution < -0.4 is 9.80 Å². The molecule has 1 fully saturated rings. The molecule has 5 rings (SSSR count). The molecule has 6 nitrogen and oxygen atoms in total. The van der Waals surface area contributed by atoms with Crippen LogP contribution in [0.5, 0.6) is 0 Å². The summed E-state index contributed by atoms with van der Waals surface area (Å²) in [4.78, 5) is 30.8. The summed E-state index contributed by atoms with van der Waals surface area (Å²) in [5.74, 6) is -0.00188. The van der Waals surface area contributed by atoms with Gasteiger partial charge in [0.15, 0.2) is 5.78 Å². The van der Waals surface area contributed by atoms with Crippen molar-refractivity contribution < 1.29 is 23.2 Å². The lowest BCUT2D eigenvalue weighted by Crippen LogP contribution is -2.60. The normalized spacial score (nSPS) is 22.1. The number of halogens is 1. The Hall–Kier alpha value is -2.93. The van der Waals surface area contributed by atoms with Crippen LogP contribution in [0.2, 0.25) is 0 Å². The van der Waals surface area contributed by atoms with Gasteiger partial charge in [-0.15, -0.1) is 0 Å². The molecule has 0 saturated carbocycles. The first kappa shape index (κ1) is 32.5. The molecule has 7 heteroatoms. The molecule has 2 aromatic carbocycles. The van der Waals surface area contributed by atoms with Crippen LogP contribution in [-0.4, -0.2) is 68.8 Å². The van der Waals surface area contributed by atoms with Gasteiger partial charge in [0.2, 0.25) is 6.73 Å². The van der Waals surface area contributed by atoms with Crippen molar-refractivity contribution in [2.75, 3.05) is 56.3 Å². The number of esters is 1. The molecule has 3 atom stereocenters. The minimum atomic E-state index is -0.331. The fraction of sp³-hybridized carbons (Fsp3) is 0.622. The van der Waals surface area contributed by atoms with Crippen LogP contribution in [-0.2, 0) is 9.53 Å². The third kappa shape index (κ3) is 7.82. The van der Waals surface area contributed by atoms with Gasteiger partial charge < -0.3 is 14.5 Å². The average molecular weight is 607 g/mol. The number of unbranched alkanes of at least 4 members (excludes halogenated alkanes) is 8. The Balaban J connectivity index is 1.19. The van der Waals surface area contributed by atoms with Crippen LogP contribution in [0.3, 0.4) is 0 Å². The summed E-state index contributed by atoms with van der Waals surface area (Å²) < 4.78 is 20.1. The van der Waals surface area contributed by atoms with E-state index in [1.54, 1.807) is 12.1 Å². The second-order valence-electron chi connectivity index (χ2n) is 13.5. The van der Waals surface area contributed by atoms with Gasteiger partial charge in [0, 0.05) is 57.4 Å². The van der Waals surface area contributed by atoms with E-state index in [9.17, 15) is 14.0 Å². The number of benzene rings is 2. The first-order valence-electron chi connectivity index (χ1n) is 17.3. The Morgan fingerprint density at radius 2 is 1.64 bits per heavy atom. The predicted molar refractivity (Wildman–Crippen MR) is 176 cm³/mol. The summed E-state index contributed by atoms with van der Waals surface area (Å²) in [7, 11) is 2.18. The number of quaternary nitrogens is 1. The van der Waals surface area contributed by atoms with E-state index in [2.05, 4.69) is 42.0 Å². The lowest BCUT2D eigenvalue weighted by Gasteiger charge is -2.47. The van der Waals surface area contributed by atoms with Crippen molar-refractivity contribution in [2.24, 2.45) is 0 Å². The van der Waals surface area contributed by atoms with E-state index in [1.807, 2.05) is 0 Å². The first-order valence-corrected chi connectivity index (χ1v) is 17.3. The Morgan fingerprint density at radius 1 is 0.909 bits per heavy atom. The smallest absolute Gasteiger partial charge is 0.310 e. The van der Waals surface area contributed by atoms with Crippen LogP contribution in [0, 0.1) is 5.82 Å². The number of rotatable bonds is 17. The number of Topliss-reactive ketones (excluding diaryl/α,β-unsaturated/α-hetero) is 1. The van der Waals surface area contributed by atoms with E-state index in [0.29, 0.717) is 48.0 Å². The molecule has 2 aromatic rings. The maximum absolute atomic E-state index is 13.4. The standard InChI is InChI=1S/C37H53FN3O3/c1-3-4-5-6-7-8-9-10-11-17-36(43)44-28-41(25-13-16-35(42)29-18-20-30(38)21-19-29)26-22-33-32(27-41)31-14-12-15-34-37(31)40(33)24-23-39(34)2/h12,14-15,18-21,32-33H,3-11,13,16-17,22-28H2,1-2H3/q+1/t32-,33-,41?/m0/s1. The third-order valence-electron chi connectivity index (χ3n) is 10.4. The summed E-state index contributed by atoms with van der Waals surface area (Å²) in [6.07, 6.45) is 13.7. The van der Waals surface area contributed by atoms with Crippen molar-refractivity contribution in [3.05, 3.63) is 59.4 Å². The van der Waals surface area contributed by atoms with Crippen molar-refractivity contribution in [1.29, 1.82) is 0 Å². The van der Waals surface area contributed by atoms with Crippen LogP contribution in [0.15, 0.2) is 42.5 Å². The first-order chi connectivity index (χ1) is 21.4. The lowest BCUT2D eigenvalue weighted by atomic mass is 9.87. The SMILES string of the molecule is CCCCCCCCCCCC(=O)OC[N+]1(CCCC(=O)c2ccc(F)cc2)CC[C@H]2[C@@H](C1)c1cccc3c1N2CCN3C. The number of likely N-dealkylation sites (N-methyl/N-ethyl adjacent to an activating group) is 1. The molecule has 3 aliphatic rings. The van der Waals surface area contributed by atoms with Crippen molar-refractivity contribution >= 4 is 23.1 Å². The Labute approximate surface area is 264 Å². The largest absolute Gasteiger partial charge is 0.415 e. The van der Waals surface area contributed by atoms with Crippen LogP contribution in [0.4, 0.5) is 15.8 Å². The second-order valence-corrected chi connectivity index (χ2v) is 13.5. The number of anilines is 2. The molecule has 0 N–H and O–H groups in total. The molecule has 0 aliphatic carbocycles. The number of likely N-dealkylation sites (tertiary alicyclic amines) is 1. The van der Waals surface area contributed by atoms with Crippen molar-refractivity contribution in [1.82, 2.24) is 0 Å². The third-order valence-corrected chi connectivity index (χ3v) is 10.4. The fourth-order valence-corrected chi connectivity index (χ4v) is 7.81. The predicted octanol–water partition coefficient (Wildman–Crippen LogP) is 7.85. The van der Waals surface area contributed by atoms with E-state index in [1.165, 1.54) is 74.0 Å². The quantitative estimate of drug-likeness (QED) is 0.0794. The van der Waals surface area contributed by atoms with Crippen molar-refractivity contribution in [2.45, 2.75) is 102 Å². The number of ether oxygens (including phenoxy) is 1. The van der Waals surface area contributed by atoms with E-state index in [0.717, 1.165) is 52.0 Å². The number of carbonyl (C=O) groups excluding carboxylic acids is 2. The lowest BCUT2D eigenvalue weighted by molar-refractivity contribution is -0.949. The zero-order chi connectivity index (χ0) is 30.9. The van der Waals surface area contributed by atoms with Crippen LogP contribution in [0.25, 0.3) is 0 Å². The number of piperidine rings is 1. The molecule has 0 spiro atoms. The Morgan fingerprint density at radius 3 is 2.39 bits per heavy atom. The summed E-state index contributed by atoms with van der Waals surface area (Å²) in [6, 6.07) is 13.0. The van der Waals surface area contributed by atoms with Gasteiger partial charge in [-0.25, -0.2) is 4.39 Å². The van der Waals surface area contributed by atoms with Gasteiger partial charge in [0.1, 0.15) is 5.82 Å². The number of para-hydroxylation sites is 1. The van der Waals surface area contributed by atoms with E-state index < -0.39 is 0 Å². The minimum absolute atomic E-state index is 0.0383. The fourth-order valence-electron chi connectivity index (χ4n) is 7.81. The topological polar surface area (TPSA) is 49.9 Å². The van der Waals surface area contributed by atoms with Crippen LogP contribution >= 0.6 is 0 Å². The molecule has 44 heavy (non-hydrogen) atoms. The summed E-state index contributed by atoms with van der Waals surface area (Å²) in [6.45, 7) is 7.33. The zero-order valence-corrected chi connectivity index (χ0v) is 27.1. The zero-order valence-electron chi connectivity index (χ0n) is 27.1. The molecule has 3 heterocycles. The van der Waals surface area contributed by atoms with Gasteiger partial charge >= 0.3 is 5.97 Å². The monoisotopic (exact) mass is 606 g/mol. The number of hydrogen-bond acceptors (Lipinski definition) is 5. The molecule has 3 aliphatic heterocycles. The summed E-state index contributed by atoms with van der Waals surface area (Å²) in [5, 5.41) is 0. The number of hydrogen-bond donors (Lipinski definition) is 0. The summed E-state index contributed by atoms with van der Waals surface area (Å²) in [5.41, 5.74) is 4.69. The van der Waals surface area contributed by atoms with Gasteiger partial charge in [-0.2, -0.15) is 0 Å². The number of ketones is 1. The highest BCUT2D eigenvalue weighted by atomic mass is 19.1. The Bertz CT molecular complexity index is 1250. The average Bonchev–Trinajstić information content (AvgIpc) is 3.35. The summed E-state index contributed by atoms with van der Waals surface area (Å²) >= 11 is 0. The van der Waals surface area contributed by atoms with Crippen molar-refractivity contribution in [3.63, 3.8) is 0 Å². The van der Waals surface area contributed by atoms with Gasteiger partial charge in [0.25, 0.3) is 0 Å². The highest BCUT2D eigenvalue weighted by molar-refractivity contribution is 5.95. The number of nitrogens with zero attached hydrogens (tertiary/aromatic N) is 3. The number of carbonyl (C=O) groups is 2. The van der Waals surface area contributed by atoms with Crippen molar-refractivity contribution in [3.8, 4) is 0 Å². The maximum atomic E-state index is 13.4. The molecular formula is C37H53FN3O3+. The highest BCUT2D eigenvalue weighted by Gasteiger charge is 2.50. The minimum Gasteiger partial charge on any atom is -0.415 e. The van der Waals surface area contributed by atoms with E-state index in [4.69, 9.17) is 4.74 Å². The van der Waals surface area contributed by atoms with E-state index >= 15 is 0 Å². The number of fused-ring (bicyclic) bond motifs is 3. The highest BCUT2D eigenvalue weighted by Crippen LogP contribution is 2.51. The Kier molecular flexibility index (Phi) is 11.3. The molecule has 0 aromatic heterocycles. The molecule has 0 radical (unpaired) electrons. The van der Waals surface area contributed by atoms with E-state index in [-0.39, 0.29) is 17.6 Å². The van der Waals surface area contributed by atoms with Crippen LogP contribution in [0.1, 0.15) is 112 Å². The molecular weight excluding hydrogens is 553 g/mol.